The van der Waals surface area contributed by atoms with Crippen molar-refractivity contribution in [2.75, 3.05) is 20.7 Å². The van der Waals surface area contributed by atoms with Crippen molar-refractivity contribution in [1.29, 1.82) is 0 Å². The number of phenols is 1. The number of hydrogen-bond acceptors (Lipinski definition) is 8. The fraction of sp³-hybridized carbons (Fsp3) is 0.577. The number of amides is 1. The number of carbonyl (C=O) groups is 3. The van der Waals surface area contributed by atoms with E-state index in [0.29, 0.717) is 19.4 Å². The van der Waals surface area contributed by atoms with E-state index in [1.807, 2.05) is 13.8 Å². The second-order valence-electron chi connectivity index (χ2n) is 10.3. The van der Waals surface area contributed by atoms with Crippen molar-refractivity contribution >= 4 is 23.2 Å². The molecule has 2 aliphatic rings. The van der Waals surface area contributed by atoms with Crippen molar-refractivity contribution in [3.05, 3.63) is 34.4 Å². The van der Waals surface area contributed by atoms with Crippen molar-refractivity contribution in [3.8, 4) is 5.75 Å². The molecule has 35 heavy (non-hydrogen) atoms. The van der Waals surface area contributed by atoms with Crippen LogP contribution >= 0.6 is 0 Å². The summed E-state index contributed by atoms with van der Waals surface area (Å²) in [6, 6.07) is 3.02. The van der Waals surface area contributed by atoms with Gasteiger partial charge in [-0.05, 0) is 62.9 Å². The highest BCUT2D eigenvalue weighted by atomic mass is 16.3. The van der Waals surface area contributed by atoms with Gasteiger partial charge in [-0.2, -0.15) is 0 Å². The number of benzene rings is 1. The highest BCUT2D eigenvalue weighted by molar-refractivity contribution is 6.18. The van der Waals surface area contributed by atoms with Gasteiger partial charge in [-0.3, -0.25) is 14.4 Å². The molecule has 1 amide bonds. The molecule has 0 spiro atoms. The Morgan fingerprint density at radius 3 is 2.40 bits per heavy atom. The van der Waals surface area contributed by atoms with E-state index < -0.39 is 47.2 Å². The lowest BCUT2D eigenvalue weighted by Crippen LogP contribution is -2.53. The molecule has 0 aliphatic heterocycles. The molecule has 192 valence electrons. The lowest BCUT2D eigenvalue weighted by molar-refractivity contribution is -0.141. The molecular formula is C26H37N3O6. The number of aromatic hydroxyl groups is 1. The van der Waals surface area contributed by atoms with Crippen molar-refractivity contribution in [2.24, 2.45) is 29.4 Å². The molecule has 0 radical (unpaired) electrons. The van der Waals surface area contributed by atoms with E-state index in [9.17, 15) is 29.7 Å². The maximum Gasteiger partial charge on any atom is 0.227 e. The largest absolute Gasteiger partial charge is 0.507 e. The Kier molecular flexibility index (Phi) is 8.03. The molecule has 1 saturated carbocycles. The maximum absolute atomic E-state index is 13.8. The van der Waals surface area contributed by atoms with Crippen LogP contribution in [0.3, 0.4) is 0 Å². The number of fused-ring (bicyclic) bond motifs is 2. The first-order chi connectivity index (χ1) is 16.4. The Morgan fingerprint density at radius 1 is 1.20 bits per heavy atom. The van der Waals surface area contributed by atoms with E-state index in [1.165, 1.54) is 13.0 Å². The van der Waals surface area contributed by atoms with Gasteiger partial charge in [-0.1, -0.05) is 19.9 Å². The number of likely N-dealkylation sites (N-methyl/N-ethyl adjacent to an activating group) is 1. The van der Waals surface area contributed by atoms with Crippen LogP contribution in [-0.4, -0.2) is 70.5 Å². The minimum Gasteiger partial charge on any atom is -0.507 e. The number of hydrogen-bond donors (Lipinski definition) is 5. The molecule has 0 heterocycles. The Labute approximate surface area is 206 Å². The number of nitrogens with one attached hydrogen (secondary N) is 1. The van der Waals surface area contributed by atoms with Gasteiger partial charge in [0, 0.05) is 24.2 Å². The number of ketones is 2. The second-order valence-corrected chi connectivity index (χ2v) is 10.3. The number of primary amides is 1. The summed E-state index contributed by atoms with van der Waals surface area (Å²) in [6.07, 6.45) is 0.751. The van der Waals surface area contributed by atoms with Crippen LogP contribution in [0, 0.1) is 23.7 Å². The molecule has 3 unspecified atom stereocenters. The van der Waals surface area contributed by atoms with E-state index in [1.54, 1.807) is 25.1 Å². The average Bonchev–Trinajstić information content (AvgIpc) is 2.77. The summed E-state index contributed by atoms with van der Waals surface area (Å²) >= 11 is 0. The Bertz CT molecular complexity index is 1050. The summed E-state index contributed by atoms with van der Waals surface area (Å²) in [6.45, 7) is 5.66. The van der Waals surface area contributed by atoms with Crippen LogP contribution in [0.4, 0.5) is 0 Å². The molecular weight excluding hydrogens is 450 g/mol. The van der Waals surface area contributed by atoms with Gasteiger partial charge in [0.25, 0.3) is 0 Å². The molecule has 3 rings (SSSR count). The van der Waals surface area contributed by atoms with Gasteiger partial charge in [0.1, 0.15) is 11.5 Å². The normalized spacial score (nSPS) is 23.8. The quantitative estimate of drug-likeness (QED) is 0.325. The zero-order valence-electron chi connectivity index (χ0n) is 21.0. The molecule has 5 atom stereocenters. The third-order valence-electron chi connectivity index (χ3n) is 7.48. The van der Waals surface area contributed by atoms with E-state index in [0.717, 1.165) is 11.1 Å². The number of aliphatic hydroxyl groups is 2. The molecule has 9 nitrogen and oxygen atoms in total. The zero-order valence-corrected chi connectivity index (χ0v) is 21.0. The third kappa shape index (κ3) is 4.98. The van der Waals surface area contributed by atoms with Crippen LogP contribution in [0.5, 0.6) is 5.75 Å². The van der Waals surface area contributed by atoms with Gasteiger partial charge in [-0.15, -0.1) is 0 Å². The zero-order chi connectivity index (χ0) is 26.2. The average molecular weight is 488 g/mol. The fourth-order valence-corrected chi connectivity index (χ4v) is 5.49. The second kappa shape index (κ2) is 10.5. The van der Waals surface area contributed by atoms with E-state index >= 15 is 0 Å². The molecule has 6 N–H and O–H groups in total. The van der Waals surface area contributed by atoms with Crippen molar-refractivity contribution in [3.63, 3.8) is 0 Å². The smallest absolute Gasteiger partial charge is 0.227 e. The van der Waals surface area contributed by atoms with Crippen molar-refractivity contribution in [1.82, 2.24) is 10.2 Å². The minimum absolute atomic E-state index is 0.100. The summed E-state index contributed by atoms with van der Waals surface area (Å²) in [5.74, 6) is -5.88. The van der Waals surface area contributed by atoms with Crippen LogP contribution in [0.25, 0.3) is 5.76 Å². The lowest BCUT2D eigenvalue weighted by atomic mass is 9.61. The minimum atomic E-state index is -1.24. The molecule has 1 fully saturated rings. The van der Waals surface area contributed by atoms with Crippen LogP contribution in [-0.2, 0) is 27.3 Å². The molecule has 0 aromatic heterocycles. The Balaban J connectivity index is 2.15. The molecule has 0 bridgehead atoms. The first-order valence-corrected chi connectivity index (χ1v) is 12.1. The summed E-state index contributed by atoms with van der Waals surface area (Å²) in [5.41, 5.74) is 7.37. The number of carbonyl (C=O) groups excluding carboxylic acids is 3. The third-order valence-corrected chi connectivity index (χ3v) is 7.48. The number of rotatable bonds is 9. The highest BCUT2D eigenvalue weighted by Gasteiger charge is 2.51. The maximum atomic E-state index is 13.8. The molecule has 1 aromatic carbocycles. The standard InChI is InChI=1S/C26H37N3O6/c1-12(2)28-10-14-6-7-19(31)21-16(14)8-15-9-17(18(11-30)29(4)5)22(23(32)13(3)26(27)35)25(34)20(15)24(21)33/h6-7,12-13,15,17-18,22,28,30-31,33H,8-11H2,1-5H3,(H2,27,35)/t13?,15-,17-,18?,22?/m0/s1. The van der Waals surface area contributed by atoms with Gasteiger partial charge < -0.3 is 31.3 Å². The number of aliphatic hydroxyl groups excluding tert-OH is 2. The number of allylic oxidation sites excluding steroid dienone is 1. The Hall–Kier alpha value is -2.75. The van der Waals surface area contributed by atoms with Crippen LogP contribution < -0.4 is 11.1 Å². The van der Waals surface area contributed by atoms with Crippen molar-refractivity contribution in [2.45, 2.75) is 52.2 Å². The van der Waals surface area contributed by atoms with Gasteiger partial charge in [-0.25, -0.2) is 0 Å². The van der Waals surface area contributed by atoms with Gasteiger partial charge in [0.05, 0.1) is 24.0 Å². The first kappa shape index (κ1) is 26.8. The summed E-state index contributed by atoms with van der Waals surface area (Å²) < 4.78 is 0. The van der Waals surface area contributed by atoms with Crippen LogP contribution in [0.1, 0.15) is 43.9 Å². The monoisotopic (exact) mass is 487 g/mol. The number of nitrogens with zero attached hydrogens (tertiary/aromatic N) is 1. The predicted molar refractivity (Wildman–Crippen MR) is 131 cm³/mol. The summed E-state index contributed by atoms with van der Waals surface area (Å²) in [7, 11) is 3.52. The van der Waals surface area contributed by atoms with E-state index in [4.69, 9.17) is 5.73 Å². The Morgan fingerprint density at radius 2 is 1.86 bits per heavy atom. The molecule has 9 heteroatoms. The molecule has 2 aliphatic carbocycles. The summed E-state index contributed by atoms with van der Waals surface area (Å²) in [4.78, 5) is 40.7. The van der Waals surface area contributed by atoms with E-state index in [-0.39, 0.29) is 35.3 Å². The fourth-order valence-electron chi connectivity index (χ4n) is 5.49. The summed E-state index contributed by atoms with van der Waals surface area (Å²) in [5, 5.41) is 35.3. The first-order valence-electron chi connectivity index (χ1n) is 12.1. The predicted octanol–water partition coefficient (Wildman–Crippen LogP) is 1.15. The number of nitrogens with two attached hydrogens (primary N) is 1. The lowest BCUT2D eigenvalue weighted by Gasteiger charge is -2.44. The van der Waals surface area contributed by atoms with Gasteiger partial charge >= 0.3 is 0 Å². The van der Waals surface area contributed by atoms with Gasteiger partial charge in [0.2, 0.25) is 5.91 Å². The van der Waals surface area contributed by atoms with E-state index in [2.05, 4.69) is 5.32 Å². The van der Waals surface area contributed by atoms with Crippen molar-refractivity contribution < 1.29 is 29.7 Å². The van der Waals surface area contributed by atoms with Crippen LogP contribution in [0.2, 0.25) is 0 Å². The van der Waals surface area contributed by atoms with Gasteiger partial charge in [0.15, 0.2) is 11.6 Å². The highest BCUT2D eigenvalue weighted by Crippen LogP contribution is 2.48. The number of Topliss-reactive ketones (excluding diaryl/α,β-unsaturated/α-hetero) is 2. The topological polar surface area (TPSA) is 153 Å². The molecule has 0 saturated heterocycles. The number of phenolic OH excluding ortho intramolecular Hbond substituents is 1. The SMILES string of the molecule is CC(C)NCc1ccc(O)c2c1C[C@H]1C[C@@H](C(CO)N(C)C)C(C(=O)C(C)C(N)=O)C(=O)C1=C2O. The van der Waals surface area contributed by atoms with Crippen LogP contribution in [0.15, 0.2) is 17.7 Å². The molecule has 1 aromatic rings.